The van der Waals surface area contributed by atoms with E-state index in [0.717, 1.165) is 10.1 Å². The van der Waals surface area contributed by atoms with Crippen LogP contribution in [0, 0.1) is 0 Å². The van der Waals surface area contributed by atoms with E-state index in [9.17, 15) is 4.79 Å². The summed E-state index contributed by atoms with van der Waals surface area (Å²) in [5.74, 6) is -1.36. The van der Waals surface area contributed by atoms with Gasteiger partial charge < -0.3 is 9.51 Å². The summed E-state index contributed by atoms with van der Waals surface area (Å²) in [4.78, 5) is 15.3. The molecule has 0 saturated heterocycles. The first-order valence-corrected chi connectivity index (χ1v) is 5.78. The summed E-state index contributed by atoms with van der Waals surface area (Å²) in [6.07, 6.45) is 4.17. The summed E-state index contributed by atoms with van der Waals surface area (Å²) in [5.41, 5.74) is 1.37. The first kappa shape index (κ1) is 11.1. The van der Waals surface area contributed by atoms with Crippen molar-refractivity contribution < 1.29 is 9.90 Å². The van der Waals surface area contributed by atoms with E-state index in [2.05, 4.69) is 20.9 Å². The van der Waals surface area contributed by atoms with Crippen molar-refractivity contribution in [2.45, 2.75) is 19.3 Å². The monoisotopic (exact) mass is 282 g/mol. The minimum absolute atomic E-state index is 0.529. The molecule has 0 fully saturated rings. The molecular weight excluding hydrogens is 272 g/mol. The molecule has 4 nitrogen and oxygen atoms in total. The predicted molar refractivity (Wildman–Crippen MR) is 63.6 cm³/mol. The number of halogens is 1. The van der Waals surface area contributed by atoms with Crippen LogP contribution in [0.25, 0.3) is 5.65 Å². The smallest absolute Gasteiger partial charge is 0.312 e. The van der Waals surface area contributed by atoms with Crippen molar-refractivity contribution in [1.82, 2.24) is 9.38 Å². The zero-order chi connectivity index (χ0) is 11.7. The number of hydrogen-bond acceptors (Lipinski definition) is 2. The van der Waals surface area contributed by atoms with Crippen molar-refractivity contribution >= 4 is 27.5 Å². The van der Waals surface area contributed by atoms with Gasteiger partial charge in [0.15, 0.2) is 0 Å². The molecule has 1 N–H and O–H groups in total. The van der Waals surface area contributed by atoms with Crippen LogP contribution in [0.3, 0.4) is 0 Å². The van der Waals surface area contributed by atoms with Crippen LogP contribution >= 0.6 is 15.9 Å². The van der Waals surface area contributed by atoms with Gasteiger partial charge in [-0.2, -0.15) is 0 Å². The van der Waals surface area contributed by atoms with E-state index in [-0.39, 0.29) is 0 Å². The maximum atomic E-state index is 11.0. The van der Waals surface area contributed by atoms with E-state index in [0.29, 0.717) is 12.1 Å². The van der Waals surface area contributed by atoms with Gasteiger partial charge in [-0.15, -0.1) is 0 Å². The number of fused-ring (bicyclic) bond motifs is 1. The van der Waals surface area contributed by atoms with Crippen molar-refractivity contribution in [3.63, 3.8) is 0 Å². The molecule has 2 heterocycles. The van der Waals surface area contributed by atoms with Crippen LogP contribution < -0.4 is 0 Å². The van der Waals surface area contributed by atoms with Crippen LogP contribution in [-0.2, 0) is 4.79 Å². The van der Waals surface area contributed by atoms with Crippen molar-refractivity contribution in [3.8, 4) is 0 Å². The molecular formula is C11H11BrN2O2. The molecule has 0 aliphatic rings. The van der Waals surface area contributed by atoms with E-state index < -0.39 is 11.9 Å². The van der Waals surface area contributed by atoms with Gasteiger partial charge in [-0.1, -0.05) is 6.92 Å². The Morgan fingerprint density at radius 3 is 2.94 bits per heavy atom. The molecule has 1 unspecified atom stereocenters. The lowest BCUT2D eigenvalue weighted by atomic mass is 10.0. The van der Waals surface area contributed by atoms with Gasteiger partial charge in [0.2, 0.25) is 0 Å². The minimum Gasteiger partial charge on any atom is -0.481 e. The molecule has 0 bridgehead atoms. The van der Waals surface area contributed by atoms with Gasteiger partial charge in [0.05, 0.1) is 5.69 Å². The number of nitrogens with zero attached hydrogens (tertiary/aromatic N) is 2. The van der Waals surface area contributed by atoms with E-state index in [4.69, 9.17) is 5.11 Å². The SMILES string of the molecule is CCC(C(=O)O)c1cn2cc(Br)ccc2n1. The van der Waals surface area contributed by atoms with Gasteiger partial charge in [0, 0.05) is 16.9 Å². The number of imidazole rings is 1. The van der Waals surface area contributed by atoms with Gasteiger partial charge >= 0.3 is 5.97 Å². The fourth-order valence-electron chi connectivity index (χ4n) is 1.66. The first-order valence-electron chi connectivity index (χ1n) is 4.98. The molecule has 0 aliphatic heterocycles. The lowest BCUT2D eigenvalue weighted by Gasteiger charge is -2.04. The summed E-state index contributed by atoms with van der Waals surface area (Å²) >= 11 is 3.36. The molecule has 0 radical (unpaired) electrons. The first-order chi connectivity index (χ1) is 7.61. The molecule has 2 rings (SSSR count). The van der Waals surface area contributed by atoms with Crippen LogP contribution in [0.15, 0.2) is 29.0 Å². The second kappa shape index (κ2) is 4.25. The number of rotatable bonds is 3. The van der Waals surface area contributed by atoms with Gasteiger partial charge in [-0.05, 0) is 34.5 Å². The van der Waals surface area contributed by atoms with Gasteiger partial charge in [0.25, 0.3) is 0 Å². The Bertz CT molecular complexity index is 536. The summed E-state index contributed by atoms with van der Waals surface area (Å²) in [7, 11) is 0. The normalized spacial score (nSPS) is 12.9. The molecule has 84 valence electrons. The van der Waals surface area contributed by atoms with Crippen molar-refractivity contribution in [2.75, 3.05) is 0 Å². The van der Waals surface area contributed by atoms with E-state index in [1.165, 1.54) is 0 Å². The van der Waals surface area contributed by atoms with Crippen LogP contribution in [-0.4, -0.2) is 20.5 Å². The second-order valence-electron chi connectivity index (χ2n) is 3.58. The number of hydrogen-bond donors (Lipinski definition) is 1. The van der Waals surface area contributed by atoms with E-state index in [1.807, 2.05) is 29.7 Å². The highest BCUT2D eigenvalue weighted by atomic mass is 79.9. The van der Waals surface area contributed by atoms with Crippen LogP contribution in [0.2, 0.25) is 0 Å². The third-order valence-electron chi connectivity index (χ3n) is 2.50. The number of carbonyl (C=O) groups is 1. The molecule has 2 aromatic heterocycles. The third-order valence-corrected chi connectivity index (χ3v) is 2.97. The Morgan fingerprint density at radius 2 is 2.31 bits per heavy atom. The van der Waals surface area contributed by atoms with Gasteiger partial charge in [0.1, 0.15) is 11.6 Å². The minimum atomic E-state index is -0.829. The largest absolute Gasteiger partial charge is 0.481 e. The molecule has 0 saturated carbocycles. The summed E-state index contributed by atoms with van der Waals surface area (Å²) in [6, 6.07) is 3.73. The zero-order valence-electron chi connectivity index (χ0n) is 8.72. The highest BCUT2D eigenvalue weighted by Gasteiger charge is 2.20. The Labute approximate surface area is 101 Å². The van der Waals surface area contributed by atoms with Crippen LogP contribution in [0.5, 0.6) is 0 Å². The molecule has 5 heteroatoms. The highest BCUT2D eigenvalue weighted by Crippen LogP contribution is 2.20. The van der Waals surface area contributed by atoms with Crippen molar-refractivity contribution in [1.29, 1.82) is 0 Å². The Kier molecular flexibility index (Phi) is 2.96. The maximum Gasteiger partial charge on any atom is 0.312 e. The topological polar surface area (TPSA) is 54.6 Å². The fraction of sp³-hybridized carbons (Fsp3) is 0.273. The summed E-state index contributed by atoms with van der Waals surface area (Å²) in [6.45, 7) is 1.85. The van der Waals surface area contributed by atoms with Crippen LogP contribution in [0.4, 0.5) is 0 Å². The molecule has 2 aromatic rings. The molecule has 0 spiro atoms. The molecule has 0 amide bonds. The van der Waals surface area contributed by atoms with E-state index >= 15 is 0 Å². The Hall–Kier alpha value is -1.36. The Balaban J connectivity index is 2.49. The van der Waals surface area contributed by atoms with Gasteiger partial charge in [-0.3, -0.25) is 4.79 Å². The molecule has 16 heavy (non-hydrogen) atoms. The van der Waals surface area contributed by atoms with Gasteiger partial charge in [-0.25, -0.2) is 4.98 Å². The highest BCUT2D eigenvalue weighted by molar-refractivity contribution is 9.10. The molecule has 1 atom stereocenters. The second-order valence-corrected chi connectivity index (χ2v) is 4.49. The zero-order valence-corrected chi connectivity index (χ0v) is 10.3. The maximum absolute atomic E-state index is 11.0. The quantitative estimate of drug-likeness (QED) is 0.942. The molecule has 0 aliphatic carbocycles. The van der Waals surface area contributed by atoms with Crippen molar-refractivity contribution in [2.24, 2.45) is 0 Å². The summed E-state index contributed by atoms with van der Waals surface area (Å²) in [5, 5.41) is 9.05. The van der Waals surface area contributed by atoms with E-state index in [1.54, 1.807) is 6.20 Å². The number of aromatic nitrogens is 2. The third kappa shape index (κ3) is 1.95. The van der Waals surface area contributed by atoms with Crippen LogP contribution in [0.1, 0.15) is 25.0 Å². The lowest BCUT2D eigenvalue weighted by Crippen LogP contribution is -2.10. The molecule has 0 aromatic carbocycles. The number of carboxylic acids is 1. The standard InChI is InChI=1S/C11H11BrN2O2/c1-2-8(11(15)16)9-6-14-5-7(12)3-4-10(14)13-9/h3-6,8H,2H2,1H3,(H,15,16). The lowest BCUT2D eigenvalue weighted by molar-refractivity contribution is -0.138. The number of aliphatic carboxylic acids is 1. The average Bonchev–Trinajstić information content (AvgIpc) is 2.60. The number of carboxylic acid groups (broad SMARTS) is 1. The Morgan fingerprint density at radius 1 is 1.56 bits per heavy atom. The van der Waals surface area contributed by atoms with Crippen molar-refractivity contribution in [3.05, 3.63) is 34.7 Å². The average molecular weight is 283 g/mol. The fourth-order valence-corrected chi connectivity index (χ4v) is 2.02. The predicted octanol–water partition coefficient (Wildman–Crippen LogP) is 2.68. The number of pyridine rings is 1. The summed E-state index contributed by atoms with van der Waals surface area (Å²) < 4.78 is 2.76.